The molecule has 0 aromatic carbocycles. The summed E-state index contributed by atoms with van der Waals surface area (Å²) in [7, 11) is 0. The number of hydrogen-bond acceptors (Lipinski definition) is 4. The molecule has 3 rings (SSSR count). The quantitative estimate of drug-likeness (QED) is 0.758. The summed E-state index contributed by atoms with van der Waals surface area (Å²) in [6.45, 7) is 1.72. The molecule has 3 N–H and O–H groups in total. The van der Waals surface area contributed by atoms with Crippen LogP contribution in [0.15, 0.2) is 24.5 Å². The number of nitrogens with zero attached hydrogens (tertiary/aromatic N) is 3. The van der Waals surface area contributed by atoms with E-state index in [2.05, 4.69) is 9.97 Å². The van der Waals surface area contributed by atoms with Gasteiger partial charge in [0.05, 0.1) is 18.3 Å². The maximum atomic E-state index is 12.3. The Balaban J connectivity index is 1.65. The highest BCUT2D eigenvalue weighted by molar-refractivity contribution is 5.95. The number of nitrogens with two attached hydrogens (primary N) is 1. The number of anilines is 1. The maximum absolute atomic E-state index is 12.3. The molecule has 3 heterocycles. The lowest BCUT2D eigenvalue weighted by atomic mass is 10.1. The standard InChI is InChI=1S/C18H20F3N5O2/c19-18(20,21)4-3-16(28)26-7-5-25(6-8-26)13-9-14-12(1-2-15(22)27)10-23-17(14)24-11-13/h1-2,9-11H,3-8H2,(H2,22,27)(H,23,24)/b2-1+. The summed E-state index contributed by atoms with van der Waals surface area (Å²) < 4.78 is 36.8. The number of amides is 2. The molecule has 150 valence electrons. The largest absolute Gasteiger partial charge is 0.389 e. The number of aromatic amines is 1. The van der Waals surface area contributed by atoms with Crippen LogP contribution in [-0.2, 0) is 9.59 Å². The van der Waals surface area contributed by atoms with Crippen molar-refractivity contribution in [1.29, 1.82) is 0 Å². The van der Waals surface area contributed by atoms with Gasteiger partial charge in [-0.3, -0.25) is 9.59 Å². The summed E-state index contributed by atoms with van der Waals surface area (Å²) in [6, 6.07) is 1.92. The van der Waals surface area contributed by atoms with E-state index < -0.39 is 30.8 Å². The molecule has 1 aliphatic rings. The molecule has 2 amide bonds. The molecule has 1 fully saturated rings. The Hall–Kier alpha value is -3.04. The number of hydrogen-bond donors (Lipinski definition) is 2. The first-order valence-electron chi connectivity index (χ1n) is 8.77. The number of primary amides is 1. The first kappa shape index (κ1) is 19.7. The third-order valence-corrected chi connectivity index (χ3v) is 4.60. The molecule has 0 aliphatic carbocycles. The van der Waals surface area contributed by atoms with Gasteiger partial charge in [-0.15, -0.1) is 0 Å². The van der Waals surface area contributed by atoms with Crippen molar-refractivity contribution >= 4 is 34.6 Å². The van der Waals surface area contributed by atoms with Gasteiger partial charge in [0.25, 0.3) is 0 Å². The maximum Gasteiger partial charge on any atom is 0.389 e. The number of rotatable bonds is 5. The minimum atomic E-state index is -4.32. The van der Waals surface area contributed by atoms with Crippen LogP contribution < -0.4 is 10.6 Å². The fourth-order valence-corrected chi connectivity index (χ4v) is 3.12. The Kier molecular flexibility index (Phi) is 5.57. The van der Waals surface area contributed by atoms with E-state index in [1.54, 1.807) is 18.5 Å². The van der Waals surface area contributed by atoms with Crippen molar-refractivity contribution in [2.24, 2.45) is 5.73 Å². The molecule has 0 bridgehead atoms. The van der Waals surface area contributed by atoms with Crippen LogP contribution in [0.1, 0.15) is 18.4 Å². The molecule has 0 spiro atoms. The SMILES string of the molecule is NC(=O)/C=C/c1c[nH]c2ncc(N3CCN(C(=O)CCC(F)(F)F)CC3)cc12. The first-order chi connectivity index (χ1) is 13.2. The van der Waals surface area contributed by atoms with Gasteiger partial charge in [0.2, 0.25) is 11.8 Å². The summed E-state index contributed by atoms with van der Waals surface area (Å²) in [4.78, 5) is 33.7. The third-order valence-electron chi connectivity index (χ3n) is 4.60. The van der Waals surface area contributed by atoms with Crippen LogP contribution in [0, 0.1) is 0 Å². The van der Waals surface area contributed by atoms with Gasteiger partial charge in [-0.1, -0.05) is 0 Å². The average molecular weight is 395 g/mol. The van der Waals surface area contributed by atoms with E-state index in [1.165, 1.54) is 11.0 Å². The zero-order chi connectivity index (χ0) is 20.3. The number of carbonyl (C=O) groups is 2. The Bertz CT molecular complexity index is 898. The highest BCUT2D eigenvalue weighted by Crippen LogP contribution is 2.25. The molecular weight excluding hydrogens is 375 g/mol. The van der Waals surface area contributed by atoms with Gasteiger partial charge in [-0.05, 0) is 12.1 Å². The molecule has 2 aromatic rings. The van der Waals surface area contributed by atoms with E-state index in [9.17, 15) is 22.8 Å². The van der Waals surface area contributed by atoms with E-state index in [0.29, 0.717) is 31.8 Å². The van der Waals surface area contributed by atoms with Crippen molar-refractivity contribution in [2.75, 3.05) is 31.1 Å². The third kappa shape index (κ3) is 4.81. The van der Waals surface area contributed by atoms with Crippen molar-refractivity contribution in [2.45, 2.75) is 19.0 Å². The number of fused-ring (bicyclic) bond motifs is 1. The van der Waals surface area contributed by atoms with Gasteiger partial charge in [0.15, 0.2) is 0 Å². The molecule has 10 heteroatoms. The lowest BCUT2D eigenvalue weighted by Gasteiger charge is -2.36. The summed E-state index contributed by atoms with van der Waals surface area (Å²) in [5.74, 6) is -1.03. The molecule has 0 atom stereocenters. The summed E-state index contributed by atoms with van der Waals surface area (Å²) in [5, 5.41) is 0.818. The molecule has 1 aliphatic heterocycles. The number of pyridine rings is 1. The van der Waals surface area contributed by atoms with E-state index in [4.69, 9.17) is 5.73 Å². The van der Waals surface area contributed by atoms with E-state index >= 15 is 0 Å². The molecule has 2 aromatic heterocycles. The number of aromatic nitrogens is 2. The van der Waals surface area contributed by atoms with Crippen molar-refractivity contribution in [3.05, 3.63) is 30.1 Å². The second-order valence-electron chi connectivity index (χ2n) is 6.55. The van der Waals surface area contributed by atoms with E-state index in [0.717, 1.165) is 16.6 Å². The monoisotopic (exact) mass is 395 g/mol. The number of nitrogens with one attached hydrogen (secondary N) is 1. The van der Waals surface area contributed by atoms with Crippen molar-refractivity contribution in [1.82, 2.24) is 14.9 Å². The van der Waals surface area contributed by atoms with E-state index in [-0.39, 0.29) is 0 Å². The van der Waals surface area contributed by atoms with Crippen LogP contribution in [0.25, 0.3) is 17.1 Å². The van der Waals surface area contributed by atoms with Crippen LogP contribution in [0.3, 0.4) is 0 Å². The highest BCUT2D eigenvalue weighted by atomic mass is 19.4. The highest BCUT2D eigenvalue weighted by Gasteiger charge is 2.30. The Morgan fingerprint density at radius 1 is 1.25 bits per heavy atom. The van der Waals surface area contributed by atoms with Crippen LogP contribution in [0.4, 0.5) is 18.9 Å². The van der Waals surface area contributed by atoms with Gasteiger partial charge in [-0.25, -0.2) is 4.98 Å². The van der Waals surface area contributed by atoms with E-state index in [1.807, 2.05) is 11.0 Å². The molecule has 28 heavy (non-hydrogen) atoms. The van der Waals surface area contributed by atoms with Gasteiger partial charge in [0.1, 0.15) is 5.65 Å². The second kappa shape index (κ2) is 7.91. The van der Waals surface area contributed by atoms with Crippen molar-refractivity contribution in [3.8, 4) is 0 Å². The topological polar surface area (TPSA) is 95.3 Å². The predicted molar refractivity (Wildman–Crippen MR) is 98.4 cm³/mol. The lowest BCUT2D eigenvalue weighted by molar-refractivity contribution is -0.149. The van der Waals surface area contributed by atoms with Crippen LogP contribution in [0.2, 0.25) is 0 Å². The Labute approximate surface area is 159 Å². The second-order valence-corrected chi connectivity index (χ2v) is 6.55. The lowest BCUT2D eigenvalue weighted by Crippen LogP contribution is -2.49. The van der Waals surface area contributed by atoms with Crippen molar-refractivity contribution in [3.63, 3.8) is 0 Å². The van der Waals surface area contributed by atoms with Crippen LogP contribution in [-0.4, -0.2) is 59.0 Å². The van der Waals surface area contributed by atoms with Crippen LogP contribution in [0.5, 0.6) is 0 Å². The predicted octanol–water partition coefficient (Wildman–Crippen LogP) is 2.05. The Morgan fingerprint density at radius 2 is 1.96 bits per heavy atom. The molecule has 7 nitrogen and oxygen atoms in total. The smallest absolute Gasteiger partial charge is 0.367 e. The zero-order valence-electron chi connectivity index (χ0n) is 15.0. The number of alkyl halides is 3. The average Bonchev–Trinajstić information content (AvgIpc) is 3.06. The molecule has 0 unspecified atom stereocenters. The fraction of sp³-hybridized carbons (Fsp3) is 0.389. The Morgan fingerprint density at radius 3 is 2.61 bits per heavy atom. The number of carbonyl (C=O) groups excluding carboxylic acids is 2. The normalized spacial score (nSPS) is 15.5. The minimum Gasteiger partial charge on any atom is -0.367 e. The van der Waals surface area contributed by atoms with Gasteiger partial charge in [-0.2, -0.15) is 13.2 Å². The first-order valence-corrected chi connectivity index (χ1v) is 8.77. The summed E-state index contributed by atoms with van der Waals surface area (Å²) in [5.41, 5.74) is 7.39. The van der Waals surface area contributed by atoms with Crippen LogP contribution >= 0.6 is 0 Å². The van der Waals surface area contributed by atoms with Gasteiger partial charge >= 0.3 is 6.18 Å². The molecule has 1 saturated heterocycles. The number of halogens is 3. The minimum absolute atomic E-state index is 0.357. The summed E-state index contributed by atoms with van der Waals surface area (Å²) in [6.07, 6.45) is 0.345. The zero-order valence-corrected chi connectivity index (χ0v) is 15.0. The number of H-pyrrole nitrogens is 1. The fourth-order valence-electron chi connectivity index (χ4n) is 3.12. The van der Waals surface area contributed by atoms with Gasteiger partial charge in [0, 0.05) is 55.8 Å². The van der Waals surface area contributed by atoms with Gasteiger partial charge < -0.3 is 20.5 Å². The number of piperazine rings is 1. The molecule has 0 radical (unpaired) electrons. The molecular formula is C18H20F3N5O2. The summed E-state index contributed by atoms with van der Waals surface area (Å²) >= 11 is 0. The molecule has 0 saturated carbocycles. The van der Waals surface area contributed by atoms with Crippen molar-refractivity contribution < 1.29 is 22.8 Å².